The second-order valence-corrected chi connectivity index (χ2v) is 11.0. The largest absolute Gasteiger partial charge is 0.481 e. The number of nitrogens with zero attached hydrogens (tertiary/aromatic N) is 4. The lowest BCUT2D eigenvalue weighted by molar-refractivity contribution is -0.146. The highest BCUT2D eigenvalue weighted by atomic mass is 35.5. The molecule has 2 aromatic heterocycles. The Kier molecular flexibility index (Phi) is 6.57. The predicted octanol–water partition coefficient (Wildman–Crippen LogP) is 2.84. The smallest absolute Gasteiger partial charge is 0.309 e. The molecule has 2 saturated heterocycles. The number of hydrogen-bond acceptors (Lipinski definition) is 7. The summed E-state index contributed by atoms with van der Waals surface area (Å²) in [7, 11) is 1.62. The molecule has 1 aliphatic carbocycles. The summed E-state index contributed by atoms with van der Waals surface area (Å²) in [6.07, 6.45) is 2.76. The van der Waals surface area contributed by atoms with Gasteiger partial charge in [-0.25, -0.2) is 4.98 Å². The molecule has 10 nitrogen and oxygen atoms in total. The molecule has 1 amide bonds. The first-order valence-corrected chi connectivity index (χ1v) is 13.5. The van der Waals surface area contributed by atoms with E-state index in [1.54, 1.807) is 45.7 Å². The van der Waals surface area contributed by atoms with E-state index in [0.29, 0.717) is 47.1 Å². The number of carboxylic acids is 1. The van der Waals surface area contributed by atoms with Crippen LogP contribution in [0.3, 0.4) is 0 Å². The third-order valence-electron chi connectivity index (χ3n) is 8.02. The molecular formula is C28H29ClN4O6. The molecule has 3 aromatic rings. The highest BCUT2D eigenvalue weighted by Gasteiger charge is 2.37. The van der Waals surface area contributed by atoms with Gasteiger partial charge < -0.3 is 24.7 Å². The number of piperidine rings is 1. The topological polar surface area (TPSA) is 125 Å². The van der Waals surface area contributed by atoms with Crippen molar-refractivity contribution in [2.75, 3.05) is 38.2 Å². The molecule has 2 N–H and O–H groups in total. The molecule has 3 fully saturated rings. The lowest BCUT2D eigenvalue weighted by Crippen LogP contribution is -2.54. The van der Waals surface area contributed by atoms with Crippen molar-refractivity contribution in [2.24, 2.45) is 5.92 Å². The van der Waals surface area contributed by atoms with Crippen LogP contribution < -0.4 is 4.90 Å². The summed E-state index contributed by atoms with van der Waals surface area (Å²) < 4.78 is 6.91. The van der Waals surface area contributed by atoms with Crippen LogP contribution in [-0.2, 0) is 9.53 Å². The first-order chi connectivity index (χ1) is 18.8. The lowest BCUT2D eigenvalue weighted by Gasteiger charge is -2.38. The van der Waals surface area contributed by atoms with Crippen molar-refractivity contribution in [3.63, 3.8) is 0 Å². The quantitative estimate of drug-likeness (QED) is 0.429. The van der Waals surface area contributed by atoms with Crippen LogP contribution in [0.1, 0.15) is 57.3 Å². The Balaban J connectivity index is 1.43. The number of aliphatic carboxylic acids is 1. The molecule has 4 heterocycles. The number of likely N-dealkylation sites (tertiary alicyclic amines) is 1. The summed E-state index contributed by atoms with van der Waals surface area (Å²) in [6.45, 7) is 1.40. The number of carbonyl (C=O) groups is 3. The second kappa shape index (κ2) is 9.93. The minimum absolute atomic E-state index is 0.0101. The van der Waals surface area contributed by atoms with E-state index in [1.165, 1.54) is 0 Å². The molecule has 39 heavy (non-hydrogen) atoms. The zero-order valence-electron chi connectivity index (χ0n) is 21.4. The van der Waals surface area contributed by atoms with E-state index in [0.717, 1.165) is 18.4 Å². The number of carboxylic acid groups (broad SMARTS) is 1. The predicted molar refractivity (Wildman–Crippen MR) is 143 cm³/mol. The van der Waals surface area contributed by atoms with Crippen molar-refractivity contribution in [1.82, 2.24) is 14.3 Å². The third kappa shape index (κ3) is 4.56. The minimum Gasteiger partial charge on any atom is -0.481 e. The fourth-order valence-corrected chi connectivity index (χ4v) is 5.83. The Labute approximate surface area is 229 Å². The molecule has 0 spiro atoms. The maximum absolute atomic E-state index is 14.1. The summed E-state index contributed by atoms with van der Waals surface area (Å²) in [5, 5.41) is 20.3. The van der Waals surface area contributed by atoms with Crippen LogP contribution >= 0.6 is 11.6 Å². The van der Waals surface area contributed by atoms with Crippen LogP contribution in [0.15, 0.2) is 36.5 Å². The number of aliphatic hydroxyl groups is 1. The molecule has 0 bridgehead atoms. The van der Waals surface area contributed by atoms with Gasteiger partial charge in [-0.2, -0.15) is 0 Å². The van der Waals surface area contributed by atoms with E-state index in [9.17, 15) is 24.6 Å². The zero-order chi connectivity index (χ0) is 27.4. The Morgan fingerprint density at radius 3 is 2.51 bits per heavy atom. The molecule has 2 atom stereocenters. The van der Waals surface area contributed by atoms with Crippen LogP contribution in [0.5, 0.6) is 0 Å². The molecule has 204 valence electrons. The number of anilines is 1. The van der Waals surface area contributed by atoms with Gasteiger partial charge in [0.25, 0.3) is 5.91 Å². The Morgan fingerprint density at radius 1 is 1.08 bits per heavy atom. The maximum atomic E-state index is 14.1. The average Bonchev–Trinajstić information content (AvgIpc) is 3.67. The molecule has 1 aromatic carbocycles. The van der Waals surface area contributed by atoms with Crippen LogP contribution in [0.2, 0.25) is 5.02 Å². The van der Waals surface area contributed by atoms with E-state index in [2.05, 4.69) is 0 Å². The van der Waals surface area contributed by atoms with Gasteiger partial charge in [0.05, 0.1) is 34.2 Å². The summed E-state index contributed by atoms with van der Waals surface area (Å²) in [5.41, 5.74) is 2.28. The number of halogens is 1. The SMILES string of the molecule is COC1CN(C(=O)c2ccc3c(N4CCC(C(=O)O)C(O)C4)nc(C(=O)c4c(Cl)cccc4C4CC4)n3c2)C1. The molecular weight excluding hydrogens is 524 g/mol. The first kappa shape index (κ1) is 25.8. The Hall–Kier alpha value is -3.47. The lowest BCUT2D eigenvalue weighted by atomic mass is 9.94. The number of hydrogen-bond donors (Lipinski definition) is 2. The third-order valence-corrected chi connectivity index (χ3v) is 8.34. The van der Waals surface area contributed by atoms with Crippen LogP contribution in [0.4, 0.5) is 5.82 Å². The molecule has 0 radical (unpaired) electrons. The number of aromatic nitrogens is 2. The summed E-state index contributed by atoms with van der Waals surface area (Å²) >= 11 is 6.56. The van der Waals surface area contributed by atoms with Crippen molar-refractivity contribution in [3.8, 4) is 0 Å². The number of methoxy groups -OCH3 is 1. The number of benzene rings is 1. The molecule has 2 unspecified atom stereocenters. The fraction of sp³-hybridized carbons (Fsp3) is 0.429. The van der Waals surface area contributed by atoms with Gasteiger partial charge in [0.15, 0.2) is 11.6 Å². The number of aliphatic hydroxyl groups excluding tert-OH is 1. The van der Waals surface area contributed by atoms with Crippen molar-refractivity contribution >= 4 is 40.6 Å². The number of amides is 1. The van der Waals surface area contributed by atoms with Gasteiger partial charge >= 0.3 is 5.97 Å². The van der Waals surface area contributed by atoms with E-state index in [-0.39, 0.29) is 42.5 Å². The van der Waals surface area contributed by atoms with Crippen LogP contribution in [0, 0.1) is 5.92 Å². The van der Waals surface area contributed by atoms with Crippen molar-refractivity contribution < 1.29 is 29.3 Å². The van der Waals surface area contributed by atoms with Crippen molar-refractivity contribution in [3.05, 3.63) is 64.1 Å². The second-order valence-electron chi connectivity index (χ2n) is 10.6. The van der Waals surface area contributed by atoms with Crippen LogP contribution in [0.25, 0.3) is 5.52 Å². The van der Waals surface area contributed by atoms with Gasteiger partial charge in [-0.15, -0.1) is 0 Å². The number of ether oxygens (including phenoxy) is 1. The van der Waals surface area contributed by atoms with Crippen molar-refractivity contribution in [1.29, 1.82) is 0 Å². The van der Waals surface area contributed by atoms with Gasteiger partial charge in [0.1, 0.15) is 0 Å². The molecule has 6 rings (SSSR count). The maximum Gasteiger partial charge on any atom is 0.309 e. The minimum atomic E-state index is -1.09. The zero-order valence-corrected chi connectivity index (χ0v) is 22.2. The molecule has 2 aliphatic heterocycles. The van der Waals surface area contributed by atoms with E-state index in [4.69, 9.17) is 21.3 Å². The highest BCUT2D eigenvalue weighted by Crippen LogP contribution is 2.44. The normalized spacial score (nSPS) is 21.7. The fourth-order valence-electron chi connectivity index (χ4n) is 5.56. The first-order valence-electron chi connectivity index (χ1n) is 13.1. The van der Waals surface area contributed by atoms with Gasteiger partial charge in [-0.05, 0) is 48.9 Å². The van der Waals surface area contributed by atoms with E-state index >= 15 is 0 Å². The Morgan fingerprint density at radius 2 is 1.85 bits per heavy atom. The highest BCUT2D eigenvalue weighted by molar-refractivity contribution is 6.35. The van der Waals surface area contributed by atoms with Crippen LogP contribution in [-0.4, -0.2) is 87.7 Å². The van der Waals surface area contributed by atoms with Gasteiger partial charge in [-0.3, -0.25) is 18.8 Å². The number of pyridine rings is 1. The summed E-state index contributed by atoms with van der Waals surface area (Å²) in [4.78, 5) is 47.0. The molecule has 1 saturated carbocycles. The molecule has 3 aliphatic rings. The number of rotatable bonds is 7. The average molecular weight is 553 g/mol. The summed E-state index contributed by atoms with van der Waals surface area (Å²) in [6, 6.07) is 8.89. The number of β-amino-alcohol motifs (C(OH)–C–C–N with tert-alkyl or cyclic N) is 1. The molecule has 11 heteroatoms. The number of fused-ring (bicyclic) bond motifs is 1. The van der Waals surface area contributed by atoms with Gasteiger partial charge in [-0.1, -0.05) is 23.7 Å². The van der Waals surface area contributed by atoms with E-state index < -0.39 is 18.0 Å². The monoisotopic (exact) mass is 552 g/mol. The standard InChI is InChI=1S/C28H29ClN4O6/c1-39-17-12-32(13-17)27(36)16-7-8-21-25(31-10-9-19(28(37)38)22(34)14-31)30-26(33(21)11-16)24(35)23-18(15-5-6-15)3-2-4-20(23)29/h2-4,7-8,11,15,17,19,22,34H,5-6,9-10,12-14H2,1H3,(H,37,38). The number of carbonyl (C=O) groups excluding carboxylic acids is 2. The van der Waals surface area contributed by atoms with E-state index in [1.807, 2.05) is 12.1 Å². The van der Waals surface area contributed by atoms with Gasteiger partial charge in [0, 0.05) is 45.0 Å². The van der Waals surface area contributed by atoms with Crippen molar-refractivity contribution in [2.45, 2.75) is 37.4 Å². The number of imidazole rings is 1. The summed E-state index contributed by atoms with van der Waals surface area (Å²) in [5.74, 6) is -1.59. The van der Waals surface area contributed by atoms with Gasteiger partial charge in [0.2, 0.25) is 5.78 Å². The number of ketones is 1. The Bertz CT molecular complexity index is 1480.